The van der Waals surface area contributed by atoms with Crippen molar-refractivity contribution in [2.45, 2.75) is 16.8 Å². The van der Waals surface area contributed by atoms with Gasteiger partial charge in [-0.25, -0.2) is 14.5 Å². The number of rotatable bonds is 5. The molecule has 0 radical (unpaired) electrons. The minimum Gasteiger partial charge on any atom is -0.461 e. The SMILES string of the molecule is CCOC(=O)c1cc(Sc2cccc(Br)c2)n(-c2cccnc2F)n1. The van der Waals surface area contributed by atoms with E-state index in [0.29, 0.717) is 5.03 Å². The molecule has 0 bridgehead atoms. The van der Waals surface area contributed by atoms with Gasteiger partial charge in [-0.2, -0.15) is 9.49 Å². The molecule has 2 aromatic heterocycles. The molecule has 8 heteroatoms. The van der Waals surface area contributed by atoms with E-state index in [0.717, 1.165) is 9.37 Å². The molecule has 0 fully saturated rings. The van der Waals surface area contributed by atoms with E-state index in [2.05, 4.69) is 26.0 Å². The van der Waals surface area contributed by atoms with Crippen LogP contribution in [0, 0.1) is 5.95 Å². The molecule has 25 heavy (non-hydrogen) atoms. The quantitative estimate of drug-likeness (QED) is 0.448. The molecule has 0 spiro atoms. The van der Waals surface area contributed by atoms with Crippen molar-refractivity contribution in [3.63, 3.8) is 0 Å². The summed E-state index contributed by atoms with van der Waals surface area (Å²) in [4.78, 5) is 16.6. The summed E-state index contributed by atoms with van der Waals surface area (Å²) in [7, 11) is 0. The van der Waals surface area contributed by atoms with Gasteiger partial charge in [-0.15, -0.1) is 0 Å². The summed E-state index contributed by atoms with van der Waals surface area (Å²) in [5.74, 6) is -1.22. The summed E-state index contributed by atoms with van der Waals surface area (Å²) >= 11 is 4.78. The molecule has 0 saturated carbocycles. The van der Waals surface area contributed by atoms with Gasteiger partial charge < -0.3 is 4.74 Å². The van der Waals surface area contributed by atoms with Crippen molar-refractivity contribution < 1.29 is 13.9 Å². The highest BCUT2D eigenvalue weighted by molar-refractivity contribution is 9.10. The number of ether oxygens (including phenoxy) is 1. The molecule has 3 aromatic rings. The Labute approximate surface area is 156 Å². The van der Waals surface area contributed by atoms with Crippen LogP contribution >= 0.6 is 27.7 Å². The molecule has 1 aromatic carbocycles. The average Bonchev–Trinajstić information content (AvgIpc) is 2.99. The Balaban J connectivity index is 2.05. The van der Waals surface area contributed by atoms with E-state index in [-0.39, 0.29) is 18.0 Å². The topological polar surface area (TPSA) is 57.0 Å². The second-order valence-electron chi connectivity index (χ2n) is 4.87. The third kappa shape index (κ3) is 4.08. The molecule has 2 heterocycles. The highest BCUT2D eigenvalue weighted by Crippen LogP contribution is 2.32. The molecule has 0 aliphatic carbocycles. The Kier molecular flexibility index (Phi) is 5.50. The van der Waals surface area contributed by atoms with E-state index in [4.69, 9.17) is 4.74 Å². The molecular formula is C17H13BrFN3O2S. The molecule has 0 atom stereocenters. The molecule has 0 aliphatic heterocycles. The first kappa shape index (κ1) is 17.6. The van der Waals surface area contributed by atoms with Crippen LogP contribution in [0.5, 0.6) is 0 Å². The van der Waals surface area contributed by atoms with Gasteiger partial charge in [0.25, 0.3) is 0 Å². The monoisotopic (exact) mass is 421 g/mol. The van der Waals surface area contributed by atoms with Crippen LogP contribution in [-0.4, -0.2) is 27.3 Å². The minimum absolute atomic E-state index is 0.114. The third-order valence-electron chi connectivity index (χ3n) is 3.15. The van der Waals surface area contributed by atoms with Crippen molar-refractivity contribution >= 4 is 33.7 Å². The van der Waals surface area contributed by atoms with E-state index in [1.165, 1.54) is 22.6 Å². The number of pyridine rings is 1. The van der Waals surface area contributed by atoms with Gasteiger partial charge in [-0.3, -0.25) is 0 Å². The number of halogens is 2. The standard InChI is InChI=1S/C17H13BrFN3O2S/c1-2-24-17(23)13-10-15(25-12-6-3-5-11(18)9-12)22(21-13)14-7-4-8-20-16(14)19/h3-10H,2H2,1H3. The Morgan fingerprint density at radius 2 is 2.16 bits per heavy atom. The molecule has 128 valence electrons. The summed E-state index contributed by atoms with van der Waals surface area (Å²) in [6.45, 7) is 1.95. The fourth-order valence-electron chi connectivity index (χ4n) is 2.10. The second-order valence-corrected chi connectivity index (χ2v) is 6.88. The molecule has 0 unspecified atom stereocenters. The Bertz CT molecular complexity index is 916. The lowest BCUT2D eigenvalue weighted by atomic mass is 10.4. The largest absolute Gasteiger partial charge is 0.461 e. The summed E-state index contributed by atoms with van der Waals surface area (Å²) < 4.78 is 21.4. The van der Waals surface area contributed by atoms with Gasteiger partial charge in [-0.05, 0) is 37.3 Å². The molecular weight excluding hydrogens is 409 g/mol. The number of carbonyl (C=O) groups is 1. The van der Waals surface area contributed by atoms with Gasteiger partial charge in [0, 0.05) is 21.6 Å². The summed E-state index contributed by atoms with van der Waals surface area (Å²) in [6, 6.07) is 12.4. The van der Waals surface area contributed by atoms with Crippen LogP contribution in [0.15, 0.2) is 63.1 Å². The first-order chi connectivity index (χ1) is 12.1. The molecule has 0 amide bonds. The van der Waals surface area contributed by atoms with Crippen LogP contribution in [0.4, 0.5) is 4.39 Å². The normalized spacial score (nSPS) is 10.7. The Morgan fingerprint density at radius 1 is 1.32 bits per heavy atom. The predicted octanol–water partition coefficient (Wildman–Crippen LogP) is 4.50. The average molecular weight is 422 g/mol. The highest BCUT2D eigenvalue weighted by atomic mass is 79.9. The van der Waals surface area contributed by atoms with Crippen LogP contribution in [0.25, 0.3) is 5.69 Å². The van der Waals surface area contributed by atoms with Gasteiger partial charge in [0.2, 0.25) is 5.95 Å². The number of aromatic nitrogens is 3. The van der Waals surface area contributed by atoms with E-state index >= 15 is 0 Å². The number of nitrogens with zero attached hydrogens (tertiary/aromatic N) is 3. The van der Waals surface area contributed by atoms with Crippen LogP contribution in [-0.2, 0) is 4.74 Å². The zero-order valence-electron chi connectivity index (χ0n) is 13.1. The number of carbonyl (C=O) groups excluding carboxylic acids is 1. The predicted molar refractivity (Wildman–Crippen MR) is 95.5 cm³/mol. The van der Waals surface area contributed by atoms with Gasteiger partial charge in [0.05, 0.1) is 6.61 Å². The van der Waals surface area contributed by atoms with Crippen molar-refractivity contribution in [2.75, 3.05) is 6.61 Å². The van der Waals surface area contributed by atoms with Crippen molar-refractivity contribution in [1.82, 2.24) is 14.8 Å². The summed E-state index contributed by atoms with van der Waals surface area (Å²) in [6.07, 6.45) is 1.36. The van der Waals surface area contributed by atoms with E-state index in [1.807, 2.05) is 24.3 Å². The first-order valence-corrected chi connectivity index (χ1v) is 9.01. The van der Waals surface area contributed by atoms with Crippen molar-refractivity contribution in [3.8, 4) is 5.69 Å². The lowest BCUT2D eigenvalue weighted by Gasteiger charge is -2.07. The lowest BCUT2D eigenvalue weighted by Crippen LogP contribution is -2.08. The number of hydrogen-bond donors (Lipinski definition) is 0. The Hall–Kier alpha value is -2.19. The van der Waals surface area contributed by atoms with Gasteiger partial charge in [-0.1, -0.05) is 33.8 Å². The summed E-state index contributed by atoms with van der Waals surface area (Å²) in [5, 5.41) is 4.78. The van der Waals surface area contributed by atoms with Crippen LogP contribution in [0.3, 0.4) is 0 Å². The highest BCUT2D eigenvalue weighted by Gasteiger charge is 2.19. The number of benzene rings is 1. The van der Waals surface area contributed by atoms with Gasteiger partial charge in [0.1, 0.15) is 10.7 Å². The molecule has 0 saturated heterocycles. The minimum atomic E-state index is -0.669. The first-order valence-electron chi connectivity index (χ1n) is 7.40. The summed E-state index contributed by atoms with van der Waals surface area (Å²) in [5.41, 5.74) is 0.276. The fourth-order valence-corrected chi connectivity index (χ4v) is 3.62. The van der Waals surface area contributed by atoms with Gasteiger partial charge in [0.15, 0.2) is 5.69 Å². The second kappa shape index (κ2) is 7.79. The molecule has 0 aliphatic rings. The van der Waals surface area contributed by atoms with Crippen molar-refractivity contribution in [2.24, 2.45) is 0 Å². The zero-order chi connectivity index (χ0) is 17.8. The van der Waals surface area contributed by atoms with Crippen LogP contribution in [0.2, 0.25) is 0 Å². The number of hydrogen-bond acceptors (Lipinski definition) is 5. The fraction of sp³-hybridized carbons (Fsp3) is 0.118. The van der Waals surface area contributed by atoms with Crippen molar-refractivity contribution in [3.05, 3.63) is 64.8 Å². The maximum Gasteiger partial charge on any atom is 0.358 e. The van der Waals surface area contributed by atoms with Crippen LogP contribution in [0.1, 0.15) is 17.4 Å². The smallest absolute Gasteiger partial charge is 0.358 e. The third-order valence-corrected chi connectivity index (χ3v) is 4.63. The maximum absolute atomic E-state index is 14.1. The Morgan fingerprint density at radius 3 is 2.88 bits per heavy atom. The molecule has 0 N–H and O–H groups in total. The lowest BCUT2D eigenvalue weighted by molar-refractivity contribution is 0.0519. The van der Waals surface area contributed by atoms with Crippen molar-refractivity contribution in [1.29, 1.82) is 0 Å². The van der Waals surface area contributed by atoms with E-state index in [9.17, 15) is 9.18 Å². The zero-order valence-corrected chi connectivity index (χ0v) is 15.6. The van der Waals surface area contributed by atoms with E-state index < -0.39 is 11.9 Å². The van der Waals surface area contributed by atoms with Gasteiger partial charge >= 0.3 is 5.97 Å². The molecule has 3 rings (SSSR count). The van der Waals surface area contributed by atoms with Crippen LogP contribution < -0.4 is 0 Å². The van der Waals surface area contributed by atoms with E-state index in [1.54, 1.807) is 25.1 Å². The maximum atomic E-state index is 14.1. The number of esters is 1. The molecule has 5 nitrogen and oxygen atoms in total.